The molecule has 0 spiro atoms. The van der Waals surface area contributed by atoms with Gasteiger partial charge in [0, 0.05) is 11.9 Å². The van der Waals surface area contributed by atoms with E-state index in [2.05, 4.69) is 17.1 Å². The molecule has 1 unspecified atom stereocenters. The van der Waals surface area contributed by atoms with E-state index < -0.39 is 17.3 Å². The van der Waals surface area contributed by atoms with Crippen molar-refractivity contribution < 1.29 is 34.2 Å². The molecule has 0 aliphatic carbocycles. The summed E-state index contributed by atoms with van der Waals surface area (Å²) in [7, 11) is 0. The summed E-state index contributed by atoms with van der Waals surface area (Å²) in [6.07, 6.45) is -1.67. The zero-order valence-corrected chi connectivity index (χ0v) is 21.2. The van der Waals surface area contributed by atoms with Crippen molar-refractivity contribution in [3.8, 4) is 16.9 Å². The molecule has 0 amide bonds. The van der Waals surface area contributed by atoms with Gasteiger partial charge in [0.1, 0.15) is 0 Å². The van der Waals surface area contributed by atoms with Crippen LogP contribution in [-0.4, -0.2) is 19.7 Å². The Labute approximate surface area is 221 Å². The topological polar surface area (TPSA) is 43.6 Å². The van der Waals surface area contributed by atoms with Gasteiger partial charge in [0.15, 0.2) is 0 Å². The molecule has 0 bridgehead atoms. The predicted molar refractivity (Wildman–Crippen MR) is 126 cm³/mol. The molecule has 0 radical (unpaired) electrons. The fraction of sp³-hybridized carbons (Fsp3) is 0.107. The van der Waals surface area contributed by atoms with Crippen LogP contribution in [0.15, 0.2) is 97.3 Å². The average Bonchev–Trinajstić information content (AvgIpc) is 3.40. The van der Waals surface area contributed by atoms with E-state index in [4.69, 9.17) is 10.1 Å². The Morgan fingerprint density at radius 2 is 1.58 bits per heavy atom. The SMILES string of the molecule is CC(c1ccccc1)(c1cccc(-c2[c-]cnc(C(F)(F)F)c2)n1)c1ccn(-c2[c-]cccc2)n1.[Pt+2]. The summed E-state index contributed by atoms with van der Waals surface area (Å²) in [5.41, 5.74) is 1.94. The van der Waals surface area contributed by atoms with Gasteiger partial charge in [-0.05, 0) is 42.2 Å². The molecule has 2 aromatic carbocycles. The number of alkyl halides is 3. The molecule has 8 heteroatoms. The van der Waals surface area contributed by atoms with Crippen LogP contribution < -0.4 is 0 Å². The van der Waals surface area contributed by atoms with Crippen LogP contribution in [0.5, 0.6) is 0 Å². The Morgan fingerprint density at radius 3 is 2.31 bits per heavy atom. The second-order valence-corrected chi connectivity index (χ2v) is 8.14. The van der Waals surface area contributed by atoms with E-state index in [1.54, 1.807) is 16.8 Å². The number of aromatic nitrogens is 4. The van der Waals surface area contributed by atoms with Crippen molar-refractivity contribution >= 4 is 0 Å². The Balaban J connectivity index is 0.00000304. The zero-order valence-electron chi connectivity index (χ0n) is 19.0. The fourth-order valence-corrected chi connectivity index (χ4v) is 4.00. The van der Waals surface area contributed by atoms with Gasteiger partial charge in [-0.15, -0.1) is 12.1 Å². The normalized spacial score (nSPS) is 13.0. The van der Waals surface area contributed by atoms with Crippen molar-refractivity contribution in [2.75, 3.05) is 0 Å². The predicted octanol–water partition coefficient (Wildman–Crippen LogP) is 6.30. The number of halogens is 3. The van der Waals surface area contributed by atoms with Crippen LogP contribution in [0.3, 0.4) is 0 Å². The van der Waals surface area contributed by atoms with Crippen molar-refractivity contribution in [3.63, 3.8) is 0 Å². The third kappa shape index (κ3) is 4.89. The van der Waals surface area contributed by atoms with Crippen LogP contribution in [0.1, 0.15) is 29.6 Å². The molecule has 0 N–H and O–H groups in total. The molecule has 182 valence electrons. The zero-order chi connectivity index (χ0) is 24.5. The standard InChI is InChI=1S/C28H19F3N4.Pt/c1-27(21-9-4-2-5-10-21,25-16-18-35(34-25)22-11-6-3-7-12-22)24-14-8-13-23(33-24)20-15-17-32-26(19-20)28(29,30)31;/h2-11,13-14,16-19H,1H3;/q-2;+2. The molecule has 0 saturated carbocycles. The molecular formula is C28H19F3N4Pt. The van der Waals surface area contributed by atoms with Gasteiger partial charge in [0.05, 0.1) is 16.8 Å². The van der Waals surface area contributed by atoms with Crippen LogP contribution in [-0.2, 0) is 32.7 Å². The molecule has 3 heterocycles. The minimum Gasteiger partial charge on any atom is -0.316 e. The van der Waals surface area contributed by atoms with E-state index in [1.165, 1.54) is 0 Å². The molecular weight excluding hydrogens is 644 g/mol. The first kappa shape index (κ1) is 25.5. The average molecular weight is 664 g/mol. The molecule has 1 atom stereocenters. The maximum Gasteiger partial charge on any atom is 2.00 e. The second-order valence-electron chi connectivity index (χ2n) is 8.14. The third-order valence-corrected chi connectivity index (χ3v) is 5.92. The van der Waals surface area contributed by atoms with Crippen molar-refractivity contribution in [1.29, 1.82) is 0 Å². The van der Waals surface area contributed by atoms with Crippen LogP contribution in [0, 0.1) is 12.1 Å². The molecule has 0 saturated heterocycles. The molecule has 5 aromatic rings. The van der Waals surface area contributed by atoms with E-state index in [1.807, 2.05) is 79.9 Å². The molecule has 0 aliphatic rings. The van der Waals surface area contributed by atoms with Crippen LogP contribution in [0.2, 0.25) is 0 Å². The number of hydrogen-bond donors (Lipinski definition) is 0. The van der Waals surface area contributed by atoms with E-state index in [0.29, 0.717) is 11.4 Å². The van der Waals surface area contributed by atoms with E-state index in [0.717, 1.165) is 29.2 Å². The van der Waals surface area contributed by atoms with E-state index in [9.17, 15) is 13.2 Å². The van der Waals surface area contributed by atoms with Gasteiger partial charge in [-0.2, -0.15) is 54.2 Å². The Morgan fingerprint density at radius 1 is 0.806 bits per heavy atom. The molecule has 3 aromatic heterocycles. The summed E-state index contributed by atoms with van der Waals surface area (Å²) >= 11 is 0. The Kier molecular flexibility index (Phi) is 7.23. The maximum absolute atomic E-state index is 13.2. The van der Waals surface area contributed by atoms with Gasteiger partial charge in [-0.3, -0.25) is 9.67 Å². The van der Waals surface area contributed by atoms with Crippen molar-refractivity contribution in [1.82, 2.24) is 19.7 Å². The number of nitrogens with zero attached hydrogens (tertiary/aromatic N) is 4. The minimum atomic E-state index is -4.55. The molecule has 0 fully saturated rings. The Hall–Kier alpha value is -3.57. The van der Waals surface area contributed by atoms with Crippen LogP contribution in [0.25, 0.3) is 16.9 Å². The summed E-state index contributed by atoms with van der Waals surface area (Å²) in [4.78, 5) is 8.20. The number of benzene rings is 2. The first-order chi connectivity index (χ1) is 16.9. The molecule has 5 rings (SSSR count). The summed E-state index contributed by atoms with van der Waals surface area (Å²) in [6, 6.07) is 31.4. The summed E-state index contributed by atoms with van der Waals surface area (Å²) in [6.45, 7) is 2.01. The number of rotatable bonds is 5. The van der Waals surface area contributed by atoms with E-state index in [-0.39, 0.29) is 26.6 Å². The maximum atomic E-state index is 13.2. The number of hydrogen-bond acceptors (Lipinski definition) is 3. The van der Waals surface area contributed by atoms with E-state index >= 15 is 0 Å². The van der Waals surface area contributed by atoms with Gasteiger partial charge in [-0.25, -0.2) is 0 Å². The largest absolute Gasteiger partial charge is 2.00 e. The fourth-order valence-electron chi connectivity index (χ4n) is 4.00. The summed E-state index contributed by atoms with van der Waals surface area (Å²) < 4.78 is 41.4. The first-order valence-corrected chi connectivity index (χ1v) is 10.9. The second kappa shape index (κ2) is 10.2. The van der Waals surface area contributed by atoms with Crippen LogP contribution >= 0.6 is 0 Å². The van der Waals surface area contributed by atoms with Gasteiger partial charge in [0.2, 0.25) is 0 Å². The minimum absolute atomic E-state index is 0. The van der Waals surface area contributed by atoms with Crippen molar-refractivity contribution in [3.05, 3.63) is 132 Å². The van der Waals surface area contributed by atoms with Gasteiger partial charge >= 0.3 is 27.2 Å². The Bertz CT molecular complexity index is 1450. The van der Waals surface area contributed by atoms with Crippen LogP contribution in [0.4, 0.5) is 13.2 Å². The number of para-hydroxylation sites is 1. The summed E-state index contributed by atoms with van der Waals surface area (Å²) in [5, 5.41) is 4.83. The third-order valence-electron chi connectivity index (χ3n) is 5.92. The molecule has 0 aliphatic heterocycles. The first-order valence-electron chi connectivity index (χ1n) is 10.9. The van der Waals surface area contributed by atoms with Gasteiger partial charge < -0.3 is 4.98 Å². The van der Waals surface area contributed by atoms with Gasteiger partial charge in [-0.1, -0.05) is 42.5 Å². The van der Waals surface area contributed by atoms with Crippen molar-refractivity contribution in [2.45, 2.75) is 18.5 Å². The summed E-state index contributed by atoms with van der Waals surface area (Å²) in [5.74, 6) is 0. The quantitative estimate of drug-likeness (QED) is 0.208. The number of pyridine rings is 2. The smallest absolute Gasteiger partial charge is 0.316 e. The molecule has 36 heavy (non-hydrogen) atoms. The van der Waals surface area contributed by atoms with Gasteiger partial charge in [0.25, 0.3) is 0 Å². The van der Waals surface area contributed by atoms with Crippen molar-refractivity contribution in [2.24, 2.45) is 0 Å². The monoisotopic (exact) mass is 663 g/mol. The molecule has 4 nitrogen and oxygen atoms in total.